The van der Waals surface area contributed by atoms with Gasteiger partial charge >= 0.3 is 0 Å². The van der Waals surface area contributed by atoms with Crippen LogP contribution in [0.15, 0.2) is 35.0 Å². The van der Waals surface area contributed by atoms with E-state index in [2.05, 4.69) is 20.1 Å². The summed E-state index contributed by atoms with van der Waals surface area (Å²) < 4.78 is 32.0. The molecule has 0 spiro atoms. The molecule has 29 heavy (non-hydrogen) atoms. The number of hydrogen-bond donors (Lipinski definition) is 0. The lowest BCUT2D eigenvalue weighted by atomic mass is 9.91. The Hall–Kier alpha value is -3.23. The average molecular weight is 397 g/mol. The Morgan fingerprint density at radius 2 is 1.97 bits per heavy atom. The van der Waals surface area contributed by atoms with Crippen molar-refractivity contribution in [2.75, 3.05) is 6.54 Å². The van der Waals surface area contributed by atoms with Gasteiger partial charge in [0.1, 0.15) is 11.5 Å². The summed E-state index contributed by atoms with van der Waals surface area (Å²) in [6.45, 7) is 0.443. The second-order valence-corrected chi connectivity index (χ2v) is 7.37. The zero-order valence-electron chi connectivity index (χ0n) is 15.4. The highest BCUT2D eigenvalue weighted by molar-refractivity contribution is 5.96. The largest absolute Gasteiger partial charge is 0.339 e. The smallest absolute Gasteiger partial charge is 0.255 e. The van der Waals surface area contributed by atoms with Gasteiger partial charge in [-0.05, 0) is 49.9 Å². The summed E-state index contributed by atoms with van der Waals surface area (Å²) in [4.78, 5) is 27.2. The molecule has 0 N–H and O–H groups in total. The van der Waals surface area contributed by atoms with Crippen LogP contribution < -0.4 is 0 Å². The number of amides is 1. The summed E-state index contributed by atoms with van der Waals surface area (Å²) in [5, 5.41) is 3.95. The number of nitrogens with zero attached hydrogens (tertiary/aromatic N) is 5. The van der Waals surface area contributed by atoms with Gasteiger partial charge in [-0.15, -0.1) is 0 Å². The minimum atomic E-state index is -0.568. The highest BCUT2D eigenvalue weighted by Gasteiger charge is 2.37. The van der Waals surface area contributed by atoms with Crippen LogP contribution in [0.5, 0.6) is 0 Å². The van der Waals surface area contributed by atoms with Gasteiger partial charge in [-0.2, -0.15) is 9.37 Å². The molecular weight excluding hydrogens is 380 g/mol. The Bertz CT molecular complexity index is 1070. The predicted octanol–water partition coefficient (Wildman–Crippen LogP) is 3.14. The van der Waals surface area contributed by atoms with E-state index in [0.717, 1.165) is 25.5 Å². The van der Waals surface area contributed by atoms with Gasteiger partial charge < -0.3 is 9.42 Å². The van der Waals surface area contributed by atoms with Crippen molar-refractivity contribution in [2.45, 2.75) is 37.6 Å². The number of aryl methyl sites for hydroxylation is 1. The fraction of sp³-hybridized carbons (Fsp3) is 0.350. The monoisotopic (exact) mass is 397 g/mol. The molecule has 5 heterocycles. The summed E-state index contributed by atoms with van der Waals surface area (Å²) in [5.74, 6) is -0.535. The number of fused-ring (bicyclic) bond motifs is 2. The van der Waals surface area contributed by atoms with Crippen LogP contribution in [-0.2, 0) is 6.42 Å². The molecule has 148 valence electrons. The van der Waals surface area contributed by atoms with E-state index >= 15 is 0 Å². The van der Waals surface area contributed by atoms with Crippen molar-refractivity contribution >= 4 is 5.91 Å². The lowest BCUT2D eigenvalue weighted by molar-refractivity contribution is 0.0570. The van der Waals surface area contributed by atoms with Crippen LogP contribution in [0.25, 0.3) is 11.5 Å². The fourth-order valence-corrected chi connectivity index (χ4v) is 4.11. The zero-order chi connectivity index (χ0) is 20.0. The van der Waals surface area contributed by atoms with Crippen LogP contribution in [0.2, 0.25) is 0 Å². The highest BCUT2D eigenvalue weighted by Crippen LogP contribution is 2.34. The molecule has 9 heteroatoms. The molecule has 7 nitrogen and oxygen atoms in total. The van der Waals surface area contributed by atoms with Crippen molar-refractivity contribution in [1.29, 1.82) is 0 Å². The summed E-state index contributed by atoms with van der Waals surface area (Å²) >= 11 is 0. The first-order valence-electron chi connectivity index (χ1n) is 9.50. The number of carbonyl (C=O) groups excluding carboxylic acids is 1. The van der Waals surface area contributed by atoms with E-state index in [1.165, 1.54) is 24.3 Å². The molecule has 0 bridgehead atoms. The van der Waals surface area contributed by atoms with E-state index in [1.54, 1.807) is 0 Å². The van der Waals surface area contributed by atoms with Crippen LogP contribution in [0.3, 0.4) is 0 Å². The molecule has 1 saturated heterocycles. The Balaban J connectivity index is 1.39. The maximum absolute atomic E-state index is 13.5. The molecule has 2 aliphatic heterocycles. The van der Waals surface area contributed by atoms with Gasteiger partial charge in [-0.25, -0.2) is 14.4 Å². The number of piperidine rings is 1. The van der Waals surface area contributed by atoms with Gasteiger partial charge in [0.05, 0.1) is 23.4 Å². The van der Waals surface area contributed by atoms with Gasteiger partial charge in [0.25, 0.3) is 5.91 Å². The third-order valence-corrected chi connectivity index (χ3v) is 5.60. The van der Waals surface area contributed by atoms with E-state index in [4.69, 9.17) is 4.52 Å². The van der Waals surface area contributed by atoms with Gasteiger partial charge in [0, 0.05) is 12.6 Å². The molecule has 0 radical (unpaired) electrons. The maximum atomic E-state index is 13.5. The van der Waals surface area contributed by atoms with Crippen molar-refractivity contribution in [2.24, 2.45) is 0 Å². The van der Waals surface area contributed by atoms with Crippen LogP contribution in [0.1, 0.15) is 47.1 Å². The molecular formula is C20H17F2N5O2. The summed E-state index contributed by atoms with van der Waals surface area (Å²) in [6.07, 6.45) is 4.01. The molecule has 0 aromatic carbocycles. The Kier molecular flexibility index (Phi) is 4.30. The van der Waals surface area contributed by atoms with Crippen LogP contribution in [-0.4, -0.2) is 43.5 Å². The third-order valence-electron chi connectivity index (χ3n) is 5.60. The van der Waals surface area contributed by atoms with Crippen molar-refractivity contribution in [3.05, 3.63) is 59.4 Å². The standard InChI is InChI=1S/C20H17F2N5O2/c21-12-2-6-16(23-9-12)18-25-19(29-26-18)11-1-3-13-4-7-15-14(5-8-17(22)24-15)20(28)27(13)10-11/h2,5-6,8-9,11,13H,1,3-4,7,10H2/t11-,13-/m0/s1. The number of carbonyl (C=O) groups is 1. The second kappa shape index (κ2) is 6.98. The number of hydrogen-bond acceptors (Lipinski definition) is 6. The molecule has 3 aromatic heterocycles. The minimum Gasteiger partial charge on any atom is -0.339 e. The maximum Gasteiger partial charge on any atom is 0.255 e. The molecule has 2 aliphatic rings. The minimum absolute atomic E-state index is 0.0807. The third kappa shape index (κ3) is 3.26. The van der Waals surface area contributed by atoms with Crippen molar-refractivity contribution < 1.29 is 18.1 Å². The van der Waals surface area contributed by atoms with E-state index in [9.17, 15) is 13.6 Å². The summed E-state index contributed by atoms with van der Waals surface area (Å²) in [7, 11) is 0. The first-order chi connectivity index (χ1) is 14.1. The van der Waals surface area contributed by atoms with Crippen LogP contribution in [0.4, 0.5) is 8.78 Å². The van der Waals surface area contributed by atoms with Gasteiger partial charge in [0.15, 0.2) is 0 Å². The number of rotatable bonds is 2. The summed E-state index contributed by atoms with van der Waals surface area (Å²) in [5.41, 5.74) is 1.39. The lowest BCUT2D eigenvalue weighted by Crippen LogP contribution is -2.45. The Labute approximate surface area is 164 Å². The number of pyridine rings is 2. The molecule has 1 amide bonds. The first kappa shape index (κ1) is 17.8. The second-order valence-electron chi connectivity index (χ2n) is 7.37. The average Bonchev–Trinajstić information content (AvgIpc) is 3.18. The fourth-order valence-electron chi connectivity index (χ4n) is 4.11. The quantitative estimate of drug-likeness (QED) is 0.618. The van der Waals surface area contributed by atoms with E-state index in [-0.39, 0.29) is 23.7 Å². The molecule has 2 atom stereocenters. The molecule has 1 fully saturated rings. The van der Waals surface area contributed by atoms with E-state index < -0.39 is 11.8 Å². The molecule has 0 aliphatic carbocycles. The van der Waals surface area contributed by atoms with Crippen molar-refractivity contribution in [1.82, 2.24) is 25.0 Å². The van der Waals surface area contributed by atoms with E-state index in [0.29, 0.717) is 35.8 Å². The van der Waals surface area contributed by atoms with Gasteiger partial charge in [-0.3, -0.25) is 4.79 Å². The van der Waals surface area contributed by atoms with Gasteiger partial charge in [-0.1, -0.05) is 5.16 Å². The highest BCUT2D eigenvalue weighted by atomic mass is 19.1. The topological polar surface area (TPSA) is 85.0 Å². The number of aromatic nitrogens is 4. The zero-order valence-corrected chi connectivity index (χ0v) is 15.4. The molecule has 0 saturated carbocycles. The lowest BCUT2D eigenvalue weighted by Gasteiger charge is -2.37. The molecule has 3 aromatic rings. The predicted molar refractivity (Wildman–Crippen MR) is 96.8 cm³/mol. The first-order valence-corrected chi connectivity index (χ1v) is 9.50. The number of halogens is 2. The van der Waals surface area contributed by atoms with E-state index in [1.807, 2.05) is 4.90 Å². The molecule has 5 rings (SSSR count). The van der Waals surface area contributed by atoms with Crippen LogP contribution >= 0.6 is 0 Å². The SMILES string of the molecule is O=C1c2ccc(F)nc2CC[C@@H]2CC[C@H](c3nc(-c4ccc(F)cn4)no3)CN12. The van der Waals surface area contributed by atoms with Crippen molar-refractivity contribution in [3.63, 3.8) is 0 Å². The Morgan fingerprint density at radius 1 is 1.07 bits per heavy atom. The normalized spacial score (nSPS) is 21.4. The Morgan fingerprint density at radius 3 is 2.79 bits per heavy atom. The summed E-state index contributed by atoms with van der Waals surface area (Å²) in [6, 6.07) is 5.59. The van der Waals surface area contributed by atoms with Crippen molar-refractivity contribution in [3.8, 4) is 11.5 Å². The van der Waals surface area contributed by atoms with Gasteiger partial charge in [0.2, 0.25) is 17.7 Å². The molecule has 0 unspecified atom stereocenters. The van der Waals surface area contributed by atoms with Crippen LogP contribution in [0, 0.1) is 11.8 Å².